The number of carboxylic acid groups (broad SMARTS) is 1. The second kappa shape index (κ2) is 8.20. The van der Waals surface area contributed by atoms with Gasteiger partial charge in [0, 0.05) is 53.1 Å². The van der Waals surface area contributed by atoms with Gasteiger partial charge < -0.3 is 21.3 Å². The van der Waals surface area contributed by atoms with E-state index in [9.17, 15) is 4.79 Å². The molecule has 7 heteroatoms. The minimum atomic E-state index is -0.984. The first-order chi connectivity index (χ1) is 13.5. The largest absolute Gasteiger partial charge is 0.478 e. The zero-order chi connectivity index (χ0) is 20.1. The van der Waals surface area contributed by atoms with Gasteiger partial charge >= 0.3 is 5.97 Å². The molecule has 0 spiro atoms. The van der Waals surface area contributed by atoms with Crippen LogP contribution in [0.15, 0.2) is 55.1 Å². The SMILES string of the molecule is COC(c1cncnc1)c1cc(C#Cc2ccc(C(=O)O)cc2)c(N)cc1N. The highest BCUT2D eigenvalue weighted by molar-refractivity contribution is 5.87. The topological polar surface area (TPSA) is 124 Å². The second-order valence-corrected chi connectivity index (χ2v) is 5.99. The lowest BCUT2D eigenvalue weighted by Crippen LogP contribution is -2.09. The quantitative estimate of drug-likeness (QED) is 0.473. The van der Waals surface area contributed by atoms with Gasteiger partial charge in [0.15, 0.2) is 0 Å². The molecule has 0 amide bonds. The number of hydrogen-bond donors (Lipinski definition) is 3. The first-order valence-corrected chi connectivity index (χ1v) is 8.31. The standard InChI is InChI=1S/C21H18N4O3/c1-28-20(16-10-24-12-25-11-16)17-8-15(18(22)9-19(17)23)7-4-13-2-5-14(6-3-13)21(26)27/h2-3,5-6,8-12,20H,22-23H2,1H3,(H,26,27). The van der Waals surface area contributed by atoms with E-state index >= 15 is 0 Å². The van der Waals surface area contributed by atoms with Gasteiger partial charge in [-0.1, -0.05) is 11.8 Å². The van der Waals surface area contributed by atoms with Crippen LogP contribution in [0.2, 0.25) is 0 Å². The summed E-state index contributed by atoms with van der Waals surface area (Å²) in [5, 5.41) is 8.96. The number of nitrogen functional groups attached to an aromatic ring is 2. The number of methoxy groups -OCH3 is 1. The third kappa shape index (κ3) is 4.09. The molecule has 5 N–H and O–H groups in total. The summed E-state index contributed by atoms with van der Waals surface area (Å²) in [6.07, 6.45) is 4.30. The smallest absolute Gasteiger partial charge is 0.335 e. The van der Waals surface area contributed by atoms with E-state index < -0.39 is 12.1 Å². The Balaban J connectivity index is 1.97. The minimum absolute atomic E-state index is 0.202. The molecular formula is C21H18N4O3. The van der Waals surface area contributed by atoms with Gasteiger partial charge in [-0.3, -0.25) is 0 Å². The molecule has 3 aromatic rings. The molecule has 0 aliphatic rings. The van der Waals surface area contributed by atoms with Gasteiger partial charge in [0.05, 0.1) is 5.56 Å². The maximum atomic E-state index is 10.9. The minimum Gasteiger partial charge on any atom is -0.478 e. The Kier molecular flexibility index (Phi) is 5.53. The van der Waals surface area contributed by atoms with Crippen LogP contribution in [-0.2, 0) is 4.74 Å². The van der Waals surface area contributed by atoms with Crippen LogP contribution < -0.4 is 11.5 Å². The number of carboxylic acids is 1. The van der Waals surface area contributed by atoms with Gasteiger partial charge in [-0.25, -0.2) is 14.8 Å². The zero-order valence-corrected chi connectivity index (χ0v) is 15.1. The summed E-state index contributed by atoms with van der Waals surface area (Å²) in [7, 11) is 1.57. The van der Waals surface area contributed by atoms with E-state index in [-0.39, 0.29) is 5.56 Å². The zero-order valence-electron chi connectivity index (χ0n) is 15.1. The maximum absolute atomic E-state index is 10.9. The van der Waals surface area contributed by atoms with Crippen molar-refractivity contribution in [1.29, 1.82) is 0 Å². The molecule has 1 atom stereocenters. The van der Waals surface area contributed by atoms with E-state index in [4.69, 9.17) is 21.3 Å². The van der Waals surface area contributed by atoms with E-state index in [1.807, 2.05) is 0 Å². The van der Waals surface area contributed by atoms with Gasteiger partial charge in [0.1, 0.15) is 12.4 Å². The van der Waals surface area contributed by atoms with Crippen molar-refractivity contribution in [3.63, 3.8) is 0 Å². The molecular weight excluding hydrogens is 356 g/mol. The van der Waals surface area contributed by atoms with E-state index in [1.165, 1.54) is 18.5 Å². The summed E-state index contributed by atoms with van der Waals surface area (Å²) >= 11 is 0. The molecule has 0 fully saturated rings. The molecule has 0 aliphatic heterocycles. The molecule has 1 unspecified atom stereocenters. The molecule has 1 aromatic heterocycles. The number of nitrogens with two attached hydrogens (primary N) is 2. The molecule has 1 heterocycles. The van der Waals surface area contributed by atoms with Gasteiger partial charge in [0.25, 0.3) is 0 Å². The van der Waals surface area contributed by atoms with Crippen molar-refractivity contribution in [3.8, 4) is 11.8 Å². The van der Waals surface area contributed by atoms with Crippen LogP contribution in [0.25, 0.3) is 0 Å². The molecule has 28 heavy (non-hydrogen) atoms. The van der Waals surface area contributed by atoms with Crippen LogP contribution in [0, 0.1) is 11.8 Å². The Bertz CT molecular complexity index is 1050. The fourth-order valence-corrected chi connectivity index (χ4v) is 2.71. The molecule has 0 bridgehead atoms. The molecule has 0 saturated heterocycles. The maximum Gasteiger partial charge on any atom is 0.335 e. The van der Waals surface area contributed by atoms with Crippen molar-refractivity contribution in [2.24, 2.45) is 0 Å². The van der Waals surface area contributed by atoms with Gasteiger partial charge in [-0.05, 0) is 36.4 Å². The molecule has 140 valence electrons. The Morgan fingerprint density at radius 1 is 1.07 bits per heavy atom. The molecule has 0 saturated carbocycles. The summed E-state index contributed by atoms with van der Waals surface area (Å²) in [6.45, 7) is 0. The third-order valence-electron chi connectivity index (χ3n) is 4.13. The number of hydrogen-bond acceptors (Lipinski definition) is 6. The van der Waals surface area contributed by atoms with Crippen LogP contribution in [0.5, 0.6) is 0 Å². The van der Waals surface area contributed by atoms with Crippen molar-refractivity contribution in [2.75, 3.05) is 18.6 Å². The summed E-state index contributed by atoms with van der Waals surface area (Å²) in [5.41, 5.74) is 16.1. The lowest BCUT2D eigenvalue weighted by Gasteiger charge is -2.18. The monoisotopic (exact) mass is 374 g/mol. The van der Waals surface area contributed by atoms with E-state index in [0.29, 0.717) is 28.1 Å². The number of ether oxygens (including phenoxy) is 1. The van der Waals surface area contributed by atoms with Crippen molar-refractivity contribution < 1.29 is 14.6 Å². The Morgan fingerprint density at radius 3 is 2.36 bits per heavy atom. The Labute approximate surface area is 162 Å². The highest BCUT2D eigenvalue weighted by Crippen LogP contribution is 2.32. The Hall–Kier alpha value is -3.89. The number of aromatic carboxylic acids is 1. The van der Waals surface area contributed by atoms with Crippen LogP contribution in [-0.4, -0.2) is 28.2 Å². The normalized spacial score (nSPS) is 11.3. The fourth-order valence-electron chi connectivity index (χ4n) is 2.71. The van der Waals surface area contributed by atoms with Crippen LogP contribution in [0.1, 0.15) is 38.7 Å². The molecule has 7 nitrogen and oxygen atoms in total. The number of carbonyl (C=O) groups is 1. The highest BCUT2D eigenvalue weighted by atomic mass is 16.5. The van der Waals surface area contributed by atoms with Crippen molar-refractivity contribution >= 4 is 17.3 Å². The number of benzene rings is 2. The van der Waals surface area contributed by atoms with Crippen molar-refractivity contribution in [2.45, 2.75) is 6.10 Å². The lowest BCUT2D eigenvalue weighted by atomic mass is 9.98. The van der Waals surface area contributed by atoms with E-state index in [0.717, 1.165) is 5.56 Å². The average Bonchev–Trinajstić information content (AvgIpc) is 2.70. The number of nitrogens with zero attached hydrogens (tertiary/aromatic N) is 2. The van der Waals surface area contributed by atoms with Gasteiger partial charge in [-0.15, -0.1) is 0 Å². The first kappa shape index (κ1) is 18.9. The molecule has 3 rings (SSSR count). The highest BCUT2D eigenvalue weighted by Gasteiger charge is 2.18. The van der Waals surface area contributed by atoms with Gasteiger partial charge in [0.2, 0.25) is 0 Å². The van der Waals surface area contributed by atoms with Crippen LogP contribution >= 0.6 is 0 Å². The third-order valence-corrected chi connectivity index (χ3v) is 4.13. The first-order valence-electron chi connectivity index (χ1n) is 8.31. The molecule has 0 aliphatic carbocycles. The van der Waals surface area contributed by atoms with Gasteiger partial charge in [-0.2, -0.15) is 0 Å². The number of aromatic nitrogens is 2. The second-order valence-electron chi connectivity index (χ2n) is 5.99. The Morgan fingerprint density at radius 2 is 1.75 bits per heavy atom. The van der Waals surface area contributed by atoms with E-state index in [1.54, 1.807) is 43.8 Å². The van der Waals surface area contributed by atoms with Crippen molar-refractivity contribution in [1.82, 2.24) is 9.97 Å². The summed E-state index contributed by atoms with van der Waals surface area (Å²) in [5.74, 6) is 5.01. The number of anilines is 2. The predicted molar refractivity (Wildman–Crippen MR) is 106 cm³/mol. The fraction of sp³-hybridized carbons (Fsp3) is 0.0952. The van der Waals surface area contributed by atoms with Crippen LogP contribution in [0.4, 0.5) is 11.4 Å². The summed E-state index contributed by atoms with van der Waals surface area (Å²) in [6, 6.07) is 9.71. The van der Waals surface area contributed by atoms with E-state index in [2.05, 4.69) is 21.8 Å². The number of rotatable bonds is 4. The molecule has 0 radical (unpaired) electrons. The van der Waals surface area contributed by atoms with Crippen LogP contribution in [0.3, 0.4) is 0 Å². The lowest BCUT2D eigenvalue weighted by molar-refractivity contribution is 0.0697. The molecule has 2 aromatic carbocycles. The van der Waals surface area contributed by atoms with Crippen molar-refractivity contribution in [3.05, 3.63) is 82.9 Å². The summed E-state index contributed by atoms with van der Waals surface area (Å²) in [4.78, 5) is 19.0. The summed E-state index contributed by atoms with van der Waals surface area (Å²) < 4.78 is 5.59. The predicted octanol–water partition coefficient (Wildman–Crippen LogP) is 2.47. The average molecular weight is 374 g/mol.